The number of rotatable bonds is 4. The van der Waals surface area contributed by atoms with Crippen LogP contribution in [0.5, 0.6) is 5.75 Å². The van der Waals surface area contributed by atoms with Crippen LogP contribution in [0.25, 0.3) is 6.08 Å². The summed E-state index contributed by atoms with van der Waals surface area (Å²) in [5.41, 5.74) is 0.952. The lowest BCUT2D eigenvalue weighted by atomic mass is 10.2. The van der Waals surface area contributed by atoms with Crippen molar-refractivity contribution >= 4 is 45.4 Å². The molecule has 0 unspecified atom stereocenters. The largest absolute Gasteiger partial charge is 0.497 e. The Balaban J connectivity index is 1.88. The highest BCUT2D eigenvalue weighted by atomic mass is 32.2. The maximum atomic E-state index is 12.5. The molecule has 1 aliphatic heterocycles. The van der Waals surface area contributed by atoms with Gasteiger partial charge in [-0.05, 0) is 42.5 Å². The molecule has 2 heterocycles. The summed E-state index contributed by atoms with van der Waals surface area (Å²) in [4.78, 5) is 23.5. The summed E-state index contributed by atoms with van der Waals surface area (Å²) in [5.74, 6) is 0.766. The van der Waals surface area contributed by atoms with E-state index in [2.05, 4.69) is 9.98 Å². The summed E-state index contributed by atoms with van der Waals surface area (Å²) < 4.78 is 5.14. The number of amides is 1. The normalized spacial score (nSPS) is 18.2. The molecule has 5 nitrogen and oxygen atoms in total. The van der Waals surface area contributed by atoms with E-state index in [-0.39, 0.29) is 5.91 Å². The maximum Gasteiger partial charge on any atom is 0.266 e. The second-order valence-corrected chi connectivity index (χ2v) is 6.52. The second kappa shape index (κ2) is 6.97. The first-order valence-corrected chi connectivity index (χ1v) is 8.74. The SMILES string of the molecule is CCN1C(=O)/C(=C/c2ccc(OC)cc2)S/C1=N/c1nccs1. The van der Waals surface area contributed by atoms with Gasteiger partial charge in [0.25, 0.3) is 5.91 Å². The number of hydrogen-bond acceptors (Lipinski definition) is 6. The highest BCUT2D eigenvalue weighted by molar-refractivity contribution is 8.18. The smallest absolute Gasteiger partial charge is 0.266 e. The van der Waals surface area contributed by atoms with E-state index in [1.165, 1.54) is 23.1 Å². The van der Waals surface area contributed by atoms with E-state index in [1.54, 1.807) is 18.2 Å². The minimum Gasteiger partial charge on any atom is -0.497 e. The van der Waals surface area contributed by atoms with E-state index in [0.29, 0.717) is 21.7 Å². The van der Waals surface area contributed by atoms with Crippen molar-refractivity contribution in [2.45, 2.75) is 6.92 Å². The molecular formula is C16H15N3O2S2. The highest BCUT2D eigenvalue weighted by Crippen LogP contribution is 2.34. The van der Waals surface area contributed by atoms with Gasteiger partial charge in [0.15, 0.2) is 5.17 Å². The van der Waals surface area contributed by atoms with Gasteiger partial charge in [0.05, 0.1) is 12.0 Å². The number of aliphatic imine (C=N–C) groups is 1. The Morgan fingerprint density at radius 3 is 2.74 bits per heavy atom. The standard InChI is InChI=1S/C16H15N3O2S2/c1-3-19-14(20)13(10-11-4-6-12(21-2)7-5-11)23-16(19)18-15-17-8-9-22-15/h4-10H,3H2,1-2H3/b13-10-,18-16+. The number of thioether (sulfide) groups is 1. The lowest BCUT2D eigenvalue weighted by Gasteiger charge is -2.11. The van der Waals surface area contributed by atoms with Crippen molar-refractivity contribution in [3.63, 3.8) is 0 Å². The molecule has 118 valence electrons. The number of carbonyl (C=O) groups is 1. The number of carbonyl (C=O) groups excluding carboxylic acids is 1. The van der Waals surface area contributed by atoms with Crippen molar-refractivity contribution in [3.05, 3.63) is 46.3 Å². The summed E-state index contributed by atoms with van der Waals surface area (Å²) in [5, 5.41) is 3.20. The highest BCUT2D eigenvalue weighted by Gasteiger charge is 2.32. The molecule has 0 spiro atoms. The predicted octanol–water partition coefficient (Wildman–Crippen LogP) is 3.78. The quantitative estimate of drug-likeness (QED) is 0.792. The average molecular weight is 345 g/mol. The molecule has 3 rings (SSSR count). The van der Waals surface area contributed by atoms with Gasteiger partial charge in [-0.15, -0.1) is 11.3 Å². The van der Waals surface area contributed by atoms with Crippen molar-refractivity contribution < 1.29 is 9.53 Å². The van der Waals surface area contributed by atoms with Crippen LogP contribution in [0.1, 0.15) is 12.5 Å². The van der Waals surface area contributed by atoms with Crippen LogP contribution < -0.4 is 4.74 Å². The van der Waals surface area contributed by atoms with E-state index in [0.717, 1.165) is 11.3 Å². The van der Waals surface area contributed by atoms with Crippen LogP contribution in [0.2, 0.25) is 0 Å². The number of likely N-dealkylation sites (N-methyl/N-ethyl adjacent to an activating group) is 1. The molecule has 0 radical (unpaired) electrons. The summed E-state index contributed by atoms with van der Waals surface area (Å²) in [6.45, 7) is 2.52. The van der Waals surface area contributed by atoms with Crippen LogP contribution in [-0.4, -0.2) is 34.6 Å². The van der Waals surface area contributed by atoms with Gasteiger partial charge in [-0.25, -0.2) is 4.98 Å². The Bertz CT molecular complexity index is 752. The van der Waals surface area contributed by atoms with E-state index in [1.807, 2.05) is 42.6 Å². The number of nitrogens with zero attached hydrogens (tertiary/aromatic N) is 3. The molecule has 1 aromatic heterocycles. The van der Waals surface area contributed by atoms with Gasteiger partial charge in [0.2, 0.25) is 5.13 Å². The third-order valence-corrected chi connectivity index (χ3v) is 4.90. The molecule has 1 amide bonds. The molecule has 1 aliphatic rings. The van der Waals surface area contributed by atoms with Gasteiger partial charge in [-0.2, -0.15) is 4.99 Å². The Labute approximate surface area is 142 Å². The van der Waals surface area contributed by atoms with Crippen LogP contribution in [0.15, 0.2) is 45.7 Å². The van der Waals surface area contributed by atoms with Crippen LogP contribution in [-0.2, 0) is 4.79 Å². The molecule has 2 aromatic rings. The minimum atomic E-state index is -0.0244. The van der Waals surface area contributed by atoms with Gasteiger partial charge < -0.3 is 4.74 Å². The van der Waals surface area contributed by atoms with Crippen molar-refractivity contribution in [2.24, 2.45) is 4.99 Å². The number of ether oxygens (including phenoxy) is 1. The Hall–Kier alpha value is -2.12. The van der Waals surface area contributed by atoms with Gasteiger partial charge in [0.1, 0.15) is 5.75 Å². The van der Waals surface area contributed by atoms with Gasteiger partial charge in [0, 0.05) is 18.1 Å². The second-order valence-electron chi connectivity index (χ2n) is 4.64. The Morgan fingerprint density at radius 1 is 1.35 bits per heavy atom. The van der Waals surface area contributed by atoms with E-state index >= 15 is 0 Å². The van der Waals surface area contributed by atoms with Crippen molar-refractivity contribution in [1.29, 1.82) is 0 Å². The number of hydrogen-bond donors (Lipinski definition) is 0. The van der Waals surface area contributed by atoms with Crippen LogP contribution in [0.3, 0.4) is 0 Å². The zero-order valence-corrected chi connectivity index (χ0v) is 14.4. The molecule has 1 aromatic carbocycles. The molecule has 0 N–H and O–H groups in total. The molecule has 1 saturated heterocycles. The molecule has 23 heavy (non-hydrogen) atoms. The molecular weight excluding hydrogens is 330 g/mol. The topological polar surface area (TPSA) is 54.8 Å². The summed E-state index contributed by atoms with van der Waals surface area (Å²) >= 11 is 2.83. The monoisotopic (exact) mass is 345 g/mol. The van der Waals surface area contributed by atoms with Gasteiger partial charge in [-0.1, -0.05) is 12.1 Å². The van der Waals surface area contributed by atoms with Crippen LogP contribution in [0, 0.1) is 0 Å². The number of methoxy groups -OCH3 is 1. The van der Waals surface area contributed by atoms with Crippen LogP contribution in [0.4, 0.5) is 5.13 Å². The van der Waals surface area contributed by atoms with Crippen LogP contribution >= 0.6 is 23.1 Å². The molecule has 7 heteroatoms. The van der Waals surface area contributed by atoms with Crippen molar-refractivity contribution in [1.82, 2.24) is 9.88 Å². The molecule has 0 atom stereocenters. The number of benzene rings is 1. The number of amidine groups is 1. The summed E-state index contributed by atoms with van der Waals surface area (Å²) in [6.07, 6.45) is 3.58. The molecule has 0 aliphatic carbocycles. The summed E-state index contributed by atoms with van der Waals surface area (Å²) in [7, 11) is 1.63. The van der Waals surface area contributed by atoms with E-state index in [9.17, 15) is 4.79 Å². The Morgan fingerprint density at radius 2 is 2.13 bits per heavy atom. The molecule has 0 saturated carbocycles. The predicted molar refractivity (Wildman–Crippen MR) is 95.2 cm³/mol. The molecule has 1 fully saturated rings. The van der Waals surface area contributed by atoms with E-state index in [4.69, 9.17) is 4.74 Å². The first kappa shape index (κ1) is 15.8. The first-order valence-electron chi connectivity index (χ1n) is 7.05. The third-order valence-electron chi connectivity index (χ3n) is 3.23. The lowest BCUT2D eigenvalue weighted by molar-refractivity contribution is -0.122. The van der Waals surface area contributed by atoms with Gasteiger partial charge >= 0.3 is 0 Å². The van der Waals surface area contributed by atoms with Gasteiger partial charge in [-0.3, -0.25) is 9.69 Å². The third kappa shape index (κ3) is 3.46. The fourth-order valence-corrected chi connectivity index (χ4v) is 3.68. The fraction of sp³-hybridized carbons (Fsp3) is 0.188. The summed E-state index contributed by atoms with van der Waals surface area (Å²) in [6, 6.07) is 7.59. The number of thiazole rings is 1. The minimum absolute atomic E-state index is 0.0244. The average Bonchev–Trinajstić information content (AvgIpc) is 3.17. The maximum absolute atomic E-state index is 12.5. The zero-order chi connectivity index (χ0) is 16.2. The fourth-order valence-electron chi connectivity index (χ4n) is 2.07. The van der Waals surface area contributed by atoms with Crippen molar-refractivity contribution in [3.8, 4) is 5.75 Å². The van der Waals surface area contributed by atoms with Crippen molar-refractivity contribution in [2.75, 3.05) is 13.7 Å². The Kier molecular flexibility index (Phi) is 4.78. The van der Waals surface area contributed by atoms with E-state index < -0.39 is 0 Å². The number of aromatic nitrogens is 1. The zero-order valence-electron chi connectivity index (χ0n) is 12.7. The first-order chi connectivity index (χ1) is 11.2. The lowest BCUT2D eigenvalue weighted by Crippen LogP contribution is -2.28. The molecule has 0 bridgehead atoms.